The van der Waals surface area contributed by atoms with Gasteiger partial charge >= 0.3 is 0 Å². The van der Waals surface area contributed by atoms with Gasteiger partial charge in [-0.2, -0.15) is 0 Å². The smallest absolute Gasteiger partial charge is 0.211 e. The first-order valence-corrected chi connectivity index (χ1v) is 8.20. The van der Waals surface area contributed by atoms with Crippen molar-refractivity contribution in [1.29, 1.82) is 0 Å². The highest BCUT2D eigenvalue weighted by Crippen LogP contribution is 2.32. The van der Waals surface area contributed by atoms with E-state index in [0.717, 1.165) is 24.8 Å². The lowest BCUT2D eigenvalue weighted by Crippen LogP contribution is -2.30. The van der Waals surface area contributed by atoms with Crippen molar-refractivity contribution in [2.75, 3.05) is 6.54 Å². The van der Waals surface area contributed by atoms with Crippen LogP contribution in [-0.2, 0) is 10.0 Å². The van der Waals surface area contributed by atoms with E-state index < -0.39 is 10.0 Å². The molecule has 0 radical (unpaired) electrons. The van der Waals surface area contributed by atoms with Crippen molar-refractivity contribution < 1.29 is 8.42 Å². The van der Waals surface area contributed by atoms with Crippen LogP contribution in [0.1, 0.15) is 24.8 Å². The molecule has 104 valence electrons. The number of nitrogens with one attached hydrogen (secondary N) is 1. The SMILES string of the molecule is C=C[C@@H]1CCC[C@@H]1CNS(=O)(=O)c1ccc(C)cc1. The van der Waals surface area contributed by atoms with Gasteiger partial charge in [0.1, 0.15) is 0 Å². The van der Waals surface area contributed by atoms with Crippen molar-refractivity contribution in [2.24, 2.45) is 11.8 Å². The van der Waals surface area contributed by atoms with E-state index >= 15 is 0 Å². The molecule has 0 unspecified atom stereocenters. The monoisotopic (exact) mass is 279 g/mol. The zero-order chi connectivity index (χ0) is 13.9. The van der Waals surface area contributed by atoms with Crippen molar-refractivity contribution >= 4 is 10.0 Å². The Balaban J connectivity index is 2.01. The molecule has 0 aliphatic heterocycles. The van der Waals surface area contributed by atoms with Gasteiger partial charge in [0.15, 0.2) is 0 Å². The highest BCUT2D eigenvalue weighted by molar-refractivity contribution is 7.89. The molecule has 1 fully saturated rings. The average Bonchev–Trinajstić information content (AvgIpc) is 2.84. The molecule has 4 heteroatoms. The summed E-state index contributed by atoms with van der Waals surface area (Å²) >= 11 is 0. The number of sulfonamides is 1. The summed E-state index contributed by atoms with van der Waals surface area (Å²) in [7, 11) is -3.38. The second-order valence-electron chi connectivity index (χ2n) is 5.26. The third-order valence-electron chi connectivity index (χ3n) is 3.89. The van der Waals surface area contributed by atoms with Crippen LogP contribution in [-0.4, -0.2) is 15.0 Å². The first kappa shape index (κ1) is 14.3. The van der Waals surface area contributed by atoms with E-state index in [0.29, 0.717) is 23.3 Å². The molecule has 0 heterocycles. The van der Waals surface area contributed by atoms with Gasteiger partial charge in [0.05, 0.1) is 4.90 Å². The van der Waals surface area contributed by atoms with Crippen LogP contribution in [0.15, 0.2) is 41.8 Å². The van der Waals surface area contributed by atoms with Crippen molar-refractivity contribution in [1.82, 2.24) is 4.72 Å². The van der Waals surface area contributed by atoms with Crippen LogP contribution >= 0.6 is 0 Å². The molecule has 0 bridgehead atoms. The van der Waals surface area contributed by atoms with Crippen LogP contribution in [0.5, 0.6) is 0 Å². The van der Waals surface area contributed by atoms with E-state index in [2.05, 4.69) is 11.3 Å². The number of allylic oxidation sites excluding steroid dienone is 1. The standard InChI is InChI=1S/C15H21NO2S/c1-3-13-5-4-6-14(13)11-16-19(17,18)15-9-7-12(2)8-10-15/h3,7-10,13-14,16H,1,4-6,11H2,2H3/t13-,14-/m1/s1. The molecule has 1 saturated carbocycles. The minimum atomic E-state index is -3.38. The molecule has 1 aromatic rings. The Labute approximate surface area is 115 Å². The number of rotatable bonds is 5. The second-order valence-corrected chi connectivity index (χ2v) is 7.02. The van der Waals surface area contributed by atoms with Crippen molar-refractivity contribution in [3.63, 3.8) is 0 Å². The summed E-state index contributed by atoms with van der Waals surface area (Å²) < 4.78 is 27.0. The molecule has 19 heavy (non-hydrogen) atoms. The van der Waals surface area contributed by atoms with Crippen molar-refractivity contribution in [2.45, 2.75) is 31.1 Å². The Morgan fingerprint density at radius 3 is 2.63 bits per heavy atom. The fraction of sp³-hybridized carbons (Fsp3) is 0.467. The normalized spacial score (nSPS) is 23.4. The summed E-state index contributed by atoms with van der Waals surface area (Å²) in [5.74, 6) is 0.832. The predicted molar refractivity (Wildman–Crippen MR) is 77.4 cm³/mol. The zero-order valence-corrected chi connectivity index (χ0v) is 12.1. The Morgan fingerprint density at radius 2 is 2.00 bits per heavy atom. The number of benzene rings is 1. The predicted octanol–water partition coefficient (Wildman–Crippen LogP) is 2.88. The molecule has 2 atom stereocenters. The Hall–Kier alpha value is -1.13. The highest BCUT2D eigenvalue weighted by Gasteiger charge is 2.26. The largest absolute Gasteiger partial charge is 0.240 e. The fourth-order valence-corrected chi connectivity index (χ4v) is 3.74. The summed E-state index contributed by atoms with van der Waals surface area (Å²) in [5, 5.41) is 0. The quantitative estimate of drug-likeness (QED) is 0.842. The molecule has 0 saturated heterocycles. The zero-order valence-electron chi connectivity index (χ0n) is 11.3. The maximum atomic E-state index is 12.2. The summed E-state index contributed by atoms with van der Waals surface area (Å²) in [6, 6.07) is 6.93. The van der Waals surface area contributed by atoms with Crippen molar-refractivity contribution in [3.05, 3.63) is 42.5 Å². The first-order valence-electron chi connectivity index (χ1n) is 6.72. The topological polar surface area (TPSA) is 46.2 Å². The van der Waals surface area contributed by atoms with Gasteiger partial charge < -0.3 is 0 Å². The third kappa shape index (κ3) is 3.45. The second kappa shape index (κ2) is 5.88. The molecule has 2 rings (SSSR count). The van der Waals surface area contributed by atoms with Crippen LogP contribution in [0.4, 0.5) is 0 Å². The summed E-state index contributed by atoms with van der Waals surface area (Å²) in [6.45, 7) is 6.28. The summed E-state index contributed by atoms with van der Waals surface area (Å²) in [5.41, 5.74) is 1.06. The van der Waals surface area contributed by atoms with E-state index in [1.54, 1.807) is 12.1 Å². The van der Waals surface area contributed by atoms with Gasteiger partial charge in [-0.25, -0.2) is 13.1 Å². The number of hydrogen-bond acceptors (Lipinski definition) is 2. The lowest BCUT2D eigenvalue weighted by atomic mass is 9.97. The lowest BCUT2D eigenvalue weighted by molar-refractivity contribution is 0.450. The molecule has 0 amide bonds. The highest BCUT2D eigenvalue weighted by atomic mass is 32.2. The van der Waals surface area contributed by atoms with Crippen LogP contribution in [0.25, 0.3) is 0 Å². The molecule has 1 N–H and O–H groups in total. The Kier molecular flexibility index (Phi) is 4.42. The molecule has 1 aliphatic carbocycles. The Bertz CT molecular complexity index is 534. The maximum Gasteiger partial charge on any atom is 0.240 e. The third-order valence-corrected chi connectivity index (χ3v) is 5.33. The molecule has 1 aromatic carbocycles. The number of aryl methyl sites for hydroxylation is 1. The van der Waals surface area contributed by atoms with Gasteiger partial charge in [0, 0.05) is 6.54 Å². The van der Waals surface area contributed by atoms with Crippen LogP contribution < -0.4 is 4.72 Å². The van der Waals surface area contributed by atoms with Gasteiger partial charge in [0.25, 0.3) is 0 Å². The molecule has 3 nitrogen and oxygen atoms in total. The van der Waals surface area contributed by atoms with Crippen molar-refractivity contribution in [3.8, 4) is 0 Å². The van der Waals surface area contributed by atoms with E-state index in [1.165, 1.54) is 0 Å². The minimum Gasteiger partial charge on any atom is -0.211 e. The lowest BCUT2D eigenvalue weighted by Gasteiger charge is -2.16. The van der Waals surface area contributed by atoms with Gasteiger partial charge in [-0.1, -0.05) is 30.2 Å². The molecule has 0 aromatic heterocycles. The van der Waals surface area contributed by atoms with E-state index in [9.17, 15) is 8.42 Å². The first-order chi connectivity index (χ1) is 9.03. The molecule has 0 spiro atoms. The van der Waals surface area contributed by atoms with E-state index in [-0.39, 0.29) is 0 Å². The van der Waals surface area contributed by atoms with E-state index in [1.807, 2.05) is 25.1 Å². The van der Waals surface area contributed by atoms with Gasteiger partial charge in [-0.3, -0.25) is 0 Å². The summed E-state index contributed by atoms with van der Waals surface area (Å²) in [4.78, 5) is 0.339. The van der Waals surface area contributed by atoms with Gasteiger partial charge in [-0.05, 0) is 43.7 Å². The van der Waals surface area contributed by atoms with Crippen LogP contribution in [0.2, 0.25) is 0 Å². The number of hydrogen-bond donors (Lipinski definition) is 1. The molecular formula is C15H21NO2S. The van der Waals surface area contributed by atoms with Crippen LogP contribution in [0.3, 0.4) is 0 Å². The maximum absolute atomic E-state index is 12.2. The minimum absolute atomic E-state index is 0.339. The molecular weight excluding hydrogens is 258 g/mol. The summed E-state index contributed by atoms with van der Waals surface area (Å²) in [6.07, 6.45) is 5.32. The van der Waals surface area contributed by atoms with Crippen LogP contribution in [0, 0.1) is 18.8 Å². The van der Waals surface area contributed by atoms with Gasteiger partial charge in [-0.15, -0.1) is 6.58 Å². The fourth-order valence-electron chi connectivity index (χ4n) is 2.65. The Morgan fingerprint density at radius 1 is 1.32 bits per heavy atom. The van der Waals surface area contributed by atoms with Gasteiger partial charge in [0.2, 0.25) is 10.0 Å². The average molecular weight is 279 g/mol. The molecule has 1 aliphatic rings. The van der Waals surface area contributed by atoms with E-state index in [4.69, 9.17) is 0 Å².